The molecule has 0 spiro atoms. The molecule has 21 heavy (non-hydrogen) atoms. The van der Waals surface area contributed by atoms with Crippen molar-refractivity contribution < 1.29 is 49.5 Å². The van der Waals surface area contributed by atoms with Gasteiger partial charge < -0.3 is 24.8 Å². The third-order valence-electron chi connectivity index (χ3n) is 3.71. The van der Waals surface area contributed by atoms with E-state index in [0.29, 0.717) is 0 Å². The van der Waals surface area contributed by atoms with Gasteiger partial charge in [-0.15, -0.1) is 0 Å². The Bertz CT molecular complexity index is 655. The van der Waals surface area contributed by atoms with Crippen LogP contribution in [0.15, 0.2) is 61.5 Å². The molecule has 4 heteroatoms. The van der Waals surface area contributed by atoms with Gasteiger partial charge in [-0.05, 0) is 0 Å². The molecule has 0 unspecified atom stereocenters. The predicted molar refractivity (Wildman–Crippen MR) is 76.5 cm³/mol. The van der Waals surface area contributed by atoms with Crippen molar-refractivity contribution in [2.24, 2.45) is 4.99 Å². The molecule has 1 nitrogen and oxygen atoms in total. The smallest absolute Gasteiger partial charge is 1.00 e. The third-order valence-corrected chi connectivity index (χ3v) is 5.11. The van der Waals surface area contributed by atoms with Crippen LogP contribution in [0, 0.1) is 0 Å². The molecular weight excluding hydrogens is 380 g/mol. The van der Waals surface area contributed by atoms with Crippen LogP contribution in [-0.2, 0) is 24.7 Å². The van der Waals surface area contributed by atoms with E-state index in [1.54, 1.807) is 0 Å². The molecule has 0 amide bonds. The molecule has 0 atom stereocenters. The minimum Gasteiger partial charge on any atom is -1.00 e. The largest absolute Gasteiger partial charge is 1.00 e. The third kappa shape index (κ3) is 3.18. The SMILES string of the molecule is CCC1=NC2=CC(CC)=[C]([Zr+2])C2=C1c1ccccc1.[Cl-].[Cl-]. The molecule has 0 saturated carbocycles. The first-order valence-electron chi connectivity index (χ1n) is 6.81. The minimum atomic E-state index is 0. The Morgan fingerprint density at radius 1 is 0.952 bits per heavy atom. The summed E-state index contributed by atoms with van der Waals surface area (Å²) in [6.45, 7) is 4.42. The molecule has 1 aromatic rings. The summed E-state index contributed by atoms with van der Waals surface area (Å²) in [6.07, 6.45) is 4.38. The second-order valence-corrected chi connectivity index (χ2v) is 6.04. The first kappa shape index (κ1) is 18.6. The van der Waals surface area contributed by atoms with E-state index in [4.69, 9.17) is 4.99 Å². The fraction of sp³-hybridized carbons (Fsp3) is 0.235. The van der Waals surface area contributed by atoms with Crippen molar-refractivity contribution in [3.63, 3.8) is 0 Å². The van der Waals surface area contributed by atoms with Gasteiger partial charge in [-0.3, -0.25) is 0 Å². The summed E-state index contributed by atoms with van der Waals surface area (Å²) in [4.78, 5) is 4.85. The van der Waals surface area contributed by atoms with Crippen molar-refractivity contribution in [1.82, 2.24) is 0 Å². The topological polar surface area (TPSA) is 12.4 Å². The number of halogens is 2. The standard InChI is InChI=1S/C17H16N.2ClH.Zr/c1-3-12-10-14-16(11-12)18-15(4-2)17(14)13-8-6-5-7-9-13;;;/h5-9,11H,3-4H2,1-2H3;2*1H;/q;;;+2/p-2. The van der Waals surface area contributed by atoms with Gasteiger partial charge in [0.1, 0.15) is 0 Å². The number of benzene rings is 1. The fourth-order valence-corrected chi connectivity index (χ4v) is 3.97. The Morgan fingerprint density at radius 3 is 2.19 bits per heavy atom. The van der Waals surface area contributed by atoms with Crippen LogP contribution in [-0.4, -0.2) is 5.71 Å². The second-order valence-electron chi connectivity index (χ2n) is 4.81. The van der Waals surface area contributed by atoms with Crippen molar-refractivity contribution >= 4 is 11.3 Å². The molecule has 0 saturated heterocycles. The van der Waals surface area contributed by atoms with Gasteiger partial charge in [0.25, 0.3) is 0 Å². The Hall–Kier alpha value is -0.427. The van der Waals surface area contributed by atoms with E-state index in [9.17, 15) is 0 Å². The van der Waals surface area contributed by atoms with Crippen LogP contribution in [0.5, 0.6) is 0 Å². The number of fused-ring (bicyclic) bond motifs is 1. The molecular formula is C17H16Cl2NZr. The molecule has 0 aromatic heterocycles. The first-order valence-corrected chi connectivity index (χ1v) is 8.04. The quantitative estimate of drug-likeness (QED) is 0.585. The molecule has 0 N–H and O–H groups in total. The summed E-state index contributed by atoms with van der Waals surface area (Å²) in [7, 11) is 0. The van der Waals surface area contributed by atoms with Crippen LogP contribution in [0.1, 0.15) is 32.3 Å². The van der Waals surface area contributed by atoms with E-state index >= 15 is 0 Å². The van der Waals surface area contributed by atoms with Gasteiger partial charge in [-0.25, -0.2) is 0 Å². The van der Waals surface area contributed by atoms with Gasteiger partial charge in [-0.2, -0.15) is 0 Å². The maximum atomic E-state index is 4.85. The second kappa shape index (κ2) is 7.72. The van der Waals surface area contributed by atoms with Crippen LogP contribution in [0.3, 0.4) is 0 Å². The predicted octanol–water partition coefficient (Wildman–Crippen LogP) is -1.58. The van der Waals surface area contributed by atoms with E-state index in [1.165, 1.54) is 61.7 Å². The fourth-order valence-electron chi connectivity index (χ4n) is 2.74. The van der Waals surface area contributed by atoms with E-state index in [-0.39, 0.29) is 24.8 Å². The van der Waals surface area contributed by atoms with E-state index in [1.807, 2.05) is 0 Å². The Labute approximate surface area is 154 Å². The van der Waals surface area contributed by atoms with Crippen molar-refractivity contribution in [1.29, 1.82) is 0 Å². The van der Waals surface area contributed by atoms with Gasteiger partial charge in [0.05, 0.1) is 0 Å². The molecule has 1 aliphatic carbocycles. The first-order chi connectivity index (χ1) is 9.26. The van der Waals surface area contributed by atoms with Gasteiger partial charge in [0.15, 0.2) is 0 Å². The normalized spacial score (nSPS) is 16.2. The molecule has 0 bridgehead atoms. The van der Waals surface area contributed by atoms with Crippen LogP contribution in [0.25, 0.3) is 5.57 Å². The number of hydrogen-bond acceptors (Lipinski definition) is 1. The maximum absolute atomic E-state index is 4.85. The number of aliphatic imine (C=N–C) groups is 1. The zero-order valence-corrected chi connectivity index (χ0v) is 16.1. The van der Waals surface area contributed by atoms with Crippen LogP contribution < -0.4 is 24.8 Å². The number of hydrogen-bond donors (Lipinski definition) is 0. The van der Waals surface area contributed by atoms with Gasteiger partial charge >= 0.3 is 130 Å². The zero-order valence-electron chi connectivity index (χ0n) is 12.1. The molecule has 0 fully saturated rings. The summed E-state index contributed by atoms with van der Waals surface area (Å²) in [6, 6.07) is 10.7. The number of nitrogens with zero attached hydrogens (tertiary/aromatic N) is 1. The molecule has 1 heterocycles. The van der Waals surface area contributed by atoms with E-state index in [2.05, 4.69) is 50.3 Å². The summed E-state index contributed by atoms with van der Waals surface area (Å²) in [5.41, 5.74) is 7.97. The maximum Gasteiger partial charge on any atom is -1.00 e. The summed E-state index contributed by atoms with van der Waals surface area (Å²) < 4.78 is 1.50. The van der Waals surface area contributed by atoms with Crippen molar-refractivity contribution in [3.05, 3.63) is 62.1 Å². The van der Waals surface area contributed by atoms with Crippen molar-refractivity contribution in [2.75, 3.05) is 0 Å². The summed E-state index contributed by atoms with van der Waals surface area (Å²) in [5, 5.41) is 0. The Balaban J connectivity index is 0.00000110. The molecule has 3 rings (SSSR count). The van der Waals surface area contributed by atoms with Crippen molar-refractivity contribution in [2.45, 2.75) is 26.7 Å². The van der Waals surface area contributed by atoms with Crippen LogP contribution >= 0.6 is 0 Å². The van der Waals surface area contributed by atoms with Gasteiger partial charge in [0.2, 0.25) is 0 Å². The average Bonchev–Trinajstić information content (AvgIpc) is 2.96. The minimum absolute atomic E-state index is 0. The summed E-state index contributed by atoms with van der Waals surface area (Å²) in [5.74, 6) is 0. The van der Waals surface area contributed by atoms with Crippen LogP contribution in [0.2, 0.25) is 0 Å². The molecule has 2 aliphatic rings. The van der Waals surface area contributed by atoms with Crippen molar-refractivity contribution in [3.8, 4) is 0 Å². The molecule has 107 valence electrons. The monoisotopic (exact) mass is 394 g/mol. The Kier molecular flexibility index (Phi) is 6.85. The van der Waals surface area contributed by atoms with E-state index in [0.717, 1.165) is 12.8 Å². The molecule has 1 aliphatic heterocycles. The number of rotatable bonds is 3. The van der Waals surface area contributed by atoms with Gasteiger partial charge in [-0.1, -0.05) is 0 Å². The number of allylic oxidation sites excluding steroid dienone is 4. The molecule has 1 aromatic carbocycles. The molecule has 0 radical (unpaired) electrons. The zero-order chi connectivity index (χ0) is 13.4. The van der Waals surface area contributed by atoms with E-state index < -0.39 is 0 Å². The average molecular weight is 396 g/mol. The summed E-state index contributed by atoms with van der Waals surface area (Å²) >= 11 is 1.50. The Morgan fingerprint density at radius 2 is 1.62 bits per heavy atom. The van der Waals surface area contributed by atoms with Crippen LogP contribution in [0.4, 0.5) is 0 Å². The van der Waals surface area contributed by atoms with Gasteiger partial charge in [0, 0.05) is 0 Å².